The summed E-state index contributed by atoms with van der Waals surface area (Å²) in [5, 5.41) is 2.83. The standard InChI is InChI=1S/C24H28N2O5/c1-4-8-17-11-12-20(21(14-17)29-3)30-16-23(27)26-15-22(24(28)25-13-5-2)31-19-10-7-6-9-18(19)26/h4,6-12,14,22H,5,13,15-16H2,1-3H3,(H,25,28)/b8-4+/t22-/m0/s1. The second-order valence-electron chi connectivity index (χ2n) is 7.07. The lowest BCUT2D eigenvalue weighted by atomic mass is 10.1. The van der Waals surface area contributed by atoms with Crippen LogP contribution in [-0.4, -0.2) is 44.7 Å². The van der Waals surface area contributed by atoms with E-state index in [1.807, 2.05) is 50.3 Å². The number of rotatable bonds is 8. The first-order valence-corrected chi connectivity index (χ1v) is 10.3. The van der Waals surface area contributed by atoms with Gasteiger partial charge in [-0.15, -0.1) is 0 Å². The fourth-order valence-corrected chi connectivity index (χ4v) is 3.29. The number of allylic oxidation sites excluding steroid dienone is 1. The van der Waals surface area contributed by atoms with Crippen molar-refractivity contribution in [2.24, 2.45) is 0 Å². The van der Waals surface area contributed by atoms with Gasteiger partial charge in [0.2, 0.25) is 0 Å². The number of methoxy groups -OCH3 is 1. The molecule has 7 heteroatoms. The van der Waals surface area contributed by atoms with Gasteiger partial charge in [0.05, 0.1) is 19.3 Å². The third-order valence-electron chi connectivity index (χ3n) is 4.81. The zero-order valence-corrected chi connectivity index (χ0v) is 18.1. The number of para-hydroxylation sites is 2. The number of benzene rings is 2. The number of carbonyl (C=O) groups is 2. The van der Waals surface area contributed by atoms with Crippen molar-refractivity contribution in [1.29, 1.82) is 0 Å². The molecule has 31 heavy (non-hydrogen) atoms. The smallest absolute Gasteiger partial charge is 0.265 e. The van der Waals surface area contributed by atoms with Gasteiger partial charge in [0, 0.05) is 6.54 Å². The summed E-state index contributed by atoms with van der Waals surface area (Å²) in [6, 6.07) is 12.7. The van der Waals surface area contributed by atoms with Crippen LogP contribution >= 0.6 is 0 Å². The van der Waals surface area contributed by atoms with Gasteiger partial charge in [-0.3, -0.25) is 9.59 Å². The van der Waals surface area contributed by atoms with Gasteiger partial charge >= 0.3 is 0 Å². The summed E-state index contributed by atoms with van der Waals surface area (Å²) in [5.74, 6) is 0.998. The van der Waals surface area contributed by atoms with Crippen LogP contribution in [0.3, 0.4) is 0 Å². The van der Waals surface area contributed by atoms with E-state index in [9.17, 15) is 9.59 Å². The number of anilines is 1. The summed E-state index contributed by atoms with van der Waals surface area (Å²) in [6.45, 7) is 4.39. The summed E-state index contributed by atoms with van der Waals surface area (Å²) < 4.78 is 17.0. The molecule has 2 amide bonds. The van der Waals surface area contributed by atoms with Crippen molar-refractivity contribution in [2.45, 2.75) is 26.4 Å². The molecule has 2 aromatic carbocycles. The van der Waals surface area contributed by atoms with Crippen LogP contribution in [0.2, 0.25) is 0 Å². The molecule has 0 bridgehead atoms. The predicted molar refractivity (Wildman–Crippen MR) is 120 cm³/mol. The molecule has 1 atom stereocenters. The van der Waals surface area contributed by atoms with Gasteiger partial charge in [0.1, 0.15) is 5.75 Å². The molecule has 164 valence electrons. The van der Waals surface area contributed by atoms with Crippen LogP contribution in [0.5, 0.6) is 17.2 Å². The highest BCUT2D eigenvalue weighted by Gasteiger charge is 2.33. The number of carbonyl (C=O) groups excluding carboxylic acids is 2. The number of ether oxygens (including phenoxy) is 3. The van der Waals surface area contributed by atoms with Gasteiger partial charge < -0.3 is 24.4 Å². The Morgan fingerprint density at radius 1 is 1.23 bits per heavy atom. The van der Waals surface area contributed by atoms with E-state index in [-0.39, 0.29) is 25.0 Å². The first kappa shape index (κ1) is 22.2. The van der Waals surface area contributed by atoms with Crippen molar-refractivity contribution in [3.05, 3.63) is 54.1 Å². The summed E-state index contributed by atoms with van der Waals surface area (Å²) in [4.78, 5) is 27.0. The van der Waals surface area contributed by atoms with Gasteiger partial charge in [-0.25, -0.2) is 0 Å². The minimum Gasteiger partial charge on any atom is -0.493 e. The third kappa shape index (κ3) is 5.36. The fraction of sp³-hybridized carbons (Fsp3) is 0.333. The zero-order chi connectivity index (χ0) is 22.2. The monoisotopic (exact) mass is 424 g/mol. The highest BCUT2D eigenvalue weighted by Crippen LogP contribution is 2.34. The van der Waals surface area contributed by atoms with Crippen molar-refractivity contribution in [3.8, 4) is 17.2 Å². The molecule has 0 saturated carbocycles. The molecule has 0 aromatic heterocycles. The van der Waals surface area contributed by atoms with Gasteiger partial charge in [0.25, 0.3) is 11.8 Å². The predicted octanol–water partition coefficient (Wildman–Crippen LogP) is 3.43. The number of fused-ring (bicyclic) bond motifs is 1. The molecular formula is C24H28N2O5. The quantitative estimate of drug-likeness (QED) is 0.703. The minimum atomic E-state index is -0.778. The number of hydrogen-bond acceptors (Lipinski definition) is 5. The van der Waals surface area contributed by atoms with Crippen LogP contribution in [0.15, 0.2) is 48.5 Å². The highest BCUT2D eigenvalue weighted by atomic mass is 16.5. The van der Waals surface area contributed by atoms with Crippen LogP contribution in [0.4, 0.5) is 5.69 Å². The van der Waals surface area contributed by atoms with Crippen LogP contribution < -0.4 is 24.4 Å². The molecule has 3 rings (SSSR count). The Bertz CT molecular complexity index is 957. The molecule has 0 radical (unpaired) electrons. The lowest BCUT2D eigenvalue weighted by Crippen LogP contribution is -2.51. The molecule has 0 unspecified atom stereocenters. The Balaban J connectivity index is 1.75. The first-order chi connectivity index (χ1) is 15.1. The molecule has 7 nitrogen and oxygen atoms in total. The second kappa shape index (κ2) is 10.5. The molecule has 0 saturated heterocycles. The molecule has 1 aliphatic rings. The van der Waals surface area contributed by atoms with E-state index in [1.54, 1.807) is 25.3 Å². The Morgan fingerprint density at radius 3 is 2.77 bits per heavy atom. The van der Waals surface area contributed by atoms with E-state index < -0.39 is 6.10 Å². The Labute approximate surface area is 182 Å². The molecule has 0 aliphatic carbocycles. The highest BCUT2D eigenvalue weighted by molar-refractivity contribution is 5.98. The number of nitrogens with one attached hydrogen (secondary N) is 1. The zero-order valence-electron chi connectivity index (χ0n) is 18.1. The molecule has 2 aromatic rings. The average molecular weight is 424 g/mol. The Morgan fingerprint density at radius 2 is 2.03 bits per heavy atom. The Kier molecular flexibility index (Phi) is 7.54. The lowest BCUT2D eigenvalue weighted by molar-refractivity contribution is -0.128. The topological polar surface area (TPSA) is 77.1 Å². The van der Waals surface area contributed by atoms with E-state index in [2.05, 4.69) is 5.32 Å². The van der Waals surface area contributed by atoms with Crippen LogP contribution in [0, 0.1) is 0 Å². The second-order valence-corrected chi connectivity index (χ2v) is 7.07. The van der Waals surface area contributed by atoms with Crippen LogP contribution in [0.1, 0.15) is 25.8 Å². The first-order valence-electron chi connectivity index (χ1n) is 10.3. The summed E-state index contributed by atoms with van der Waals surface area (Å²) in [7, 11) is 1.56. The van der Waals surface area contributed by atoms with Crippen LogP contribution in [0.25, 0.3) is 6.08 Å². The van der Waals surface area contributed by atoms with Gasteiger partial charge in [-0.05, 0) is 43.2 Å². The average Bonchev–Trinajstić information content (AvgIpc) is 2.80. The van der Waals surface area contributed by atoms with Crippen molar-refractivity contribution in [3.63, 3.8) is 0 Å². The summed E-state index contributed by atoms with van der Waals surface area (Å²) in [5.41, 5.74) is 1.59. The maximum absolute atomic E-state index is 13.0. The van der Waals surface area contributed by atoms with Crippen molar-refractivity contribution in [1.82, 2.24) is 5.32 Å². The van der Waals surface area contributed by atoms with E-state index >= 15 is 0 Å². The summed E-state index contributed by atoms with van der Waals surface area (Å²) in [6.07, 6.45) is 3.92. The molecule has 1 N–H and O–H groups in total. The number of hydrogen-bond donors (Lipinski definition) is 1. The maximum atomic E-state index is 13.0. The molecule has 1 heterocycles. The fourth-order valence-electron chi connectivity index (χ4n) is 3.29. The Hall–Kier alpha value is -3.48. The van der Waals surface area contributed by atoms with E-state index in [1.165, 1.54) is 4.90 Å². The van der Waals surface area contributed by atoms with Gasteiger partial charge in [-0.2, -0.15) is 0 Å². The molecule has 0 spiro atoms. The van der Waals surface area contributed by atoms with Crippen molar-refractivity contribution < 1.29 is 23.8 Å². The summed E-state index contributed by atoms with van der Waals surface area (Å²) >= 11 is 0. The number of nitrogens with zero attached hydrogens (tertiary/aromatic N) is 1. The largest absolute Gasteiger partial charge is 0.493 e. The normalized spacial score (nSPS) is 15.2. The maximum Gasteiger partial charge on any atom is 0.265 e. The molecular weight excluding hydrogens is 396 g/mol. The van der Waals surface area contributed by atoms with Crippen molar-refractivity contribution in [2.75, 3.05) is 31.7 Å². The number of amides is 2. The third-order valence-corrected chi connectivity index (χ3v) is 4.81. The van der Waals surface area contributed by atoms with Crippen molar-refractivity contribution >= 4 is 23.6 Å². The van der Waals surface area contributed by atoms with Crippen LogP contribution in [-0.2, 0) is 9.59 Å². The molecule has 0 fully saturated rings. The van der Waals surface area contributed by atoms with Gasteiger partial charge in [0.15, 0.2) is 24.2 Å². The van der Waals surface area contributed by atoms with Gasteiger partial charge in [-0.1, -0.05) is 37.3 Å². The van der Waals surface area contributed by atoms with E-state index in [0.29, 0.717) is 29.5 Å². The minimum absolute atomic E-state index is 0.117. The van der Waals surface area contributed by atoms with E-state index in [4.69, 9.17) is 14.2 Å². The van der Waals surface area contributed by atoms with E-state index in [0.717, 1.165) is 12.0 Å². The lowest BCUT2D eigenvalue weighted by Gasteiger charge is -2.34. The SMILES string of the molecule is C/C=C/c1ccc(OCC(=O)N2C[C@@H](C(=O)NCCC)Oc3ccccc32)c(OC)c1. The molecule has 1 aliphatic heterocycles.